The fourth-order valence-electron chi connectivity index (χ4n) is 3.39. The summed E-state index contributed by atoms with van der Waals surface area (Å²) in [5, 5.41) is 0. The Hall–Kier alpha value is -2.18. The van der Waals surface area contributed by atoms with Crippen molar-refractivity contribution in [3.05, 3.63) is 65.2 Å². The molecule has 0 N–H and O–H groups in total. The van der Waals surface area contributed by atoms with Crippen molar-refractivity contribution < 1.29 is 13.2 Å². The third-order valence-electron chi connectivity index (χ3n) is 5.31. The van der Waals surface area contributed by atoms with Gasteiger partial charge in [-0.05, 0) is 43.0 Å². The van der Waals surface area contributed by atoms with E-state index in [1.807, 2.05) is 6.92 Å². The minimum atomic E-state index is -3.49. The van der Waals surface area contributed by atoms with Crippen LogP contribution in [0.5, 0.6) is 0 Å². The van der Waals surface area contributed by atoms with E-state index in [0.717, 1.165) is 17.5 Å². The highest BCUT2D eigenvalue weighted by molar-refractivity contribution is 7.89. The number of rotatable bonds is 6. The van der Waals surface area contributed by atoms with Gasteiger partial charge in [0, 0.05) is 32.6 Å². The number of sulfonamides is 1. The lowest BCUT2D eigenvalue weighted by atomic mass is 10.1. The van der Waals surface area contributed by atoms with Crippen molar-refractivity contribution >= 4 is 15.9 Å². The zero-order chi connectivity index (χ0) is 20.1. The Bertz CT molecular complexity index is 898. The van der Waals surface area contributed by atoms with Gasteiger partial charge in [0.15, 0.2) is 0 Å². The minimum absolute atomic E-state index is 0.0898. The van der Waals surface area contributed by atoms with Crippen molar-refractivity contribution in [2.45, 2.75) is 38.0 Å². The SMILES string of the molecule is CCc1ccc(CCC(=O)N2CCN(S(=O)(=O)c3ccc(C)cc3)CC2)cc1. The summed E-state index contributed by atoms with van der Waals surface area (Å²) >= 11 is 0. The van der Waals surface area contributed by atoms with Gasteiger partial charge in [0.05, 0.1) is 4.90 Å². The van der Waals surface area contributed by atoms with E-state index in [1.165, 1.54) is 9.87 Å². The fraction of sp³-hybridized carbons (Fsp3) is 0.409. The first-order valence-electron chi connectivity index (χ1n) is 9.82. The van der Waals surface area contributed by atoms with Crippen LogP contribution in [0.3, 0.4) is 0 Å². The zero-order valence-corrected chi connectivity index (χ0v) is 17.4. The molecule has 0 spiro atoms. The van der Waals surface area contributed by atoms with E-state index >= 15 is 0 Å². The molecular weight excluding hydrogens is 372 g/mol. The van der Waals surface area contributed by atoms with E-state index in [4.69, 9.17) is 0 Å². The van der Waals surface area contributed by atoms with Crippen molar-refractivity contribution in [1.82, 2.24) is 9.21 Å². The topological polar surface area (TPSA) is 57.7 Å². The van der Waals surface area contributed by atoms with Crippen LogP contribution in [0.1, 0.15) is 30.0 Å². The van der Waals surface area contributed by atoms with Crippen LogP contribution in [0.25, 0.3) is 0 Å². The molecule has 1 heterocycles. The lowest BCUT2D eigenvalue weighted by Gasteiger charge is -2.34. The standard InChI is InChI=1S/C22H28N2O3S/c1-3-19-6-8-20(9-7-19)10-13-22(25)23-14-16-24(17-15-23)28(26,27)21-11-4-18(2)5-12-21/h4-9,11-12H,3,10,13-17H2,1-2H3. The molecule has 28 heavy (non-hydrogen) atoms. The number of amides is 1. The predicted molar refractivity (Wildman–Crippen MR) is 111 cm³/mol. The second-order valence-electron chi connectivity index (χ2n) is 7.27. The van der Waals surface area contributed by atoms with E-state index in [-0.39, 0.29) is 5.91 Å². The van der Waals surface area contributed by atoms with Crippen LogP contribution < -0.4 is 0 Å². The van der Waals surface area contributed by atoms with E-state index in [9.17, 15) is 13.2 Å². The molecule has 0 radical (unpaired) electrons. The first-order valence-corrected chi connectivity index (χ1v) is 11.3. The van der Waals surface area contributed by atoms with Crippen LogP contribution in [0.15, 0.2) is 53.4 Å². The van der Waals surface area contributed by atoms with Crippen LogP contribution in [-0.4, -0.2) is 49.7 Å². The Morgan fingerprint density at radius 2 is 1.46 bits per heavy atom. The molecule has 0 atom stereocenters. The molecule has 2 aromatic rings. The molecule has 5 nitrogen and oxygen atoms in total. The average Bonchev–Trinajstić information content (AvgIpc) is 2.73. The molecule has 3 rings (SSSR count). The summed E-state index contributed by atoms with van der Waals surface area (Å²) in [5.74, 6) is 0.0898. The molecule has 0 aliphatic carbocycles. The first-order chi connectivity index (χ1) is 13.4. The zero-order valence-electron chi connectivity index (χ0n) is 16.6. The van der Waals surface area contributed by atoms with E-state index < -0.39 is 10.0 Å². The van der Waals surface area contributed by atoms with Crippen LogP contribution in [0.4, 0.5) is 0 Å². The van der Waals surface area contributed by atoms with Crippen molar-refractivity contribution in [1.29, 1.82) is 0 Å². The average molecular weight is 401 g/mol. The Labute approximate surface area is 168 Å². The second-order valence-corrected chi connectivity index (χ2v) is 9.21. The Morgan fingerprint density at radius 3 is 2.04 bits per heavy atom. The maximum Gasteiger partial charge on any atom is 0.243 e. The van der Waals surface area contributed by atoms with Gasteiger partial charge in [-0.25, -0.2) is 8.42 Å². The summed E-state index contributed by atoms with van der Waals surface area (Å²) in [5.41, 5.74) is 3.48. The quantitative estimate of drug-likeness (QED) is 0.749. The van der Waals surface area contributed by atoms with Gasteiger partial charge in [0.2, 0.25) is 15.9 Å². The largest absolute Gasteiger partial charge is 0.340 e. The van der Waals surface area contributed by atoms with Gasteiger partial charge in [-0.3, -0.25) is 4.79 Å². The summed E-state index contributed by atoms with van der Waals surface area (Å²) in [6.45, 7) is 5.62. The molecule has 0 bridgehead atoms. The molecule has 6 heteroatoms. The van der Waals surface area contributed by atoms with Gasteiger partial charge in [-0.2, -0.15) is 4.31 Å². The summed E-state index contributed by atoms with van der Waals surface area (Å²) in [7, 11) is -3.49. The normalized spacial score (nSPS) is 15.6. The number of benzene rings is 2. The van der Waals surface area contributed by atoms with Gasteiger partial charge < -0.3 is 4.90 Å². The number of aryl methyl sites for hydroxylation is 3. The van der Waals surface area contributed by atoms with E-state index in [1.54, 1.807) is 29.2 Å². The molecule has 1 aliphatic heterocycles. The maximum absolute atomic E-state index is 12.8. The fourth-order valence-corrected chi connectivity index (χ4v) is 4.81. The molecule has 1 amide bonds. The maximum atomic E-state index is 12.8. The number of nitrogens with zero attached hydrogens (tertiary/aromatic N) is 2. The van der Waals surface area contributed by atoms with Gasteiger partial charge in [0.1, 0.15) is 0 Å². The number of carbonyl (C=O) groups is 1. The number of hydrogen-bond acceptors (Lipinski definition) is 3. The number of carbonyl (C=O) groups excluding carboxylic acids is 1. The van der Waals surface area contributed by atoms with Crippen molar-refractivity contribution in [3.63, 3.8) is 0 Å². The van der Waals surface area contributed by atoms with Crippen molar-refractivity contribution in [2.24, 2.45) is 0 Å². The van der Waals surface area contributed by atoms with Gasteiger partial charge in [0.25, 0.3) is 0 Å². The molecule has 1 fully saturated rings. The number of piperazine rings is 1. The molecule has 1 saturated heterocycles. The summed E-state index contributed by atoms with van der Waals surface area (Å²) in [4.78, 5) is 14.6. The van der Waals surface area contributed by atoms with Crippen LogP contribution in [0, 0.1) is 6.92 Å². The summed E-state index contributed by atoms with van der Waals surface area (Å²) in [6, 6.07) is 15.3. The Morgan fingerprint density at radius 1 is 0.893 bits per heavy atom. The van der Waals surface area contributed by atoms with Crippen LogP contribution in [0.2, 0.25) is 0 Å². The summed E-state index contributed by atoms with van der Waals surface area (Å²) in [6.07, 6.45) is 2.18. The van der Waals surface area contributed by atoms with Crippen molar-refractivity contribution in [3.8, 4) is 0 Å². The highest BCUT2D eigenvalue weighted by atomic mass is 32.2. The molecule has 1 aliphatic rings. The molecule has 0 aromatic heterocycles. The smallest absolute Gasteiger partial charge is 0.243 e. The van der Waals surface area contributed by atoms with Gasteiger partial charge in [-0.15, -0.1) is 0 Å². The van der Waals surface area contributed by atoms with Gasteiger partial charge in [-0.1, -0.05) is 48.9 Å². The molecular formula is C22H28N2O3S. The highest BCUT2D eigenvalue weighted by Gasteiger charge is 2.29. The molecule has 2 aromatic carbocycles. The monoisotopic (exact) mass is 400 g/mol. The minimum Gasteiger partial charge on any atom is -0.340 e. The lowest BCUT2D eigenvalue weighted by molar-refractivity contribution is -0.132. The van der Waals surface area contributed by atoms with Crippen molar-refractivity contribution in [2.75, 3.05) is 26.2 Å². The molecule has 150 valence electrons. The Kier molecular flexibility index (Phi) is 6.52. The van der Waals surface area contributed by atoms with E-state index in [0.29, 0.717) is 43.9 Å². The second kappa shape index (κ2) is 8.88. The first kappa shape index (κ1) is 20.6. The Balaban J connectivity index is 1.52. The molecule has 0 saturated carbocycles. The third kappa shape index (κ3) is 4.80. The summed E-state index contributed by atoms with van der Waals surface area (Å²) < 4.78 is 27.0. The number of hydrogen-bond donors (Lipinski definition) is 0. The predicted octanol–water partition coefficient (Wildman–Crippen LogP) is 3.02. The van der Waals surface area contributed by atoms with Crippen LogP contribution >= 0.6 is 0 Å². The van der Waals surface area contributed by atoms with Crippen LogP contribution in [-0.2, 0) is 27.7 Å². The van der Waals surface area contributed by atoms with E-state index in [2.05, 4.69) is 31.2 Å². The molecule has 0 unspecified atom stereocenters. The third-order valence-corrected chi connectivity index (χ3v) is 7.22. The highest BCUT2D eigenvalue weighted by Crippen LogP contribution is 2.19. The van der Waals surface area contributed by atoms with Gasteiger partial charge >= 0.3 is 0 Å². The lowest BCUT2D eigenvalue weighted by Crippen LogP contribution is -2.50.